The highest BCUT2D eigenvalue weighted by Crippen LogP contribution is 2.34. The van der Waals surface area contributed by atoms with E-state index in [4.69, 9.17) is 23.7 Å². The Labute approximate surface area is 371 Å². The SMILES string of the molecule is CC(C)(C)OC(=O)NC1CCC(C2CO2)CC1.CCOc1ccc2c(n1)CCN(CC(O)C1CCC(NC(=O)OC(C)(C)C)CC1)CC2.CCOc1ccc2c(n1)CCNCC2. The highest BCUT2D eigenvalue weighted by Gasteiger charge is 2.36. The molecule has 2 atom stereocenters. The Morgan fingerprint density at radius 1 is 0.742 bits per heavy atom. The predicted molar refractivity (Wildman–Crippen MR) is 241 cm³/mol. The van der Waals surface area contributed by atoms with Crippen molar-refractivity contribution < 1.29 is 38.4 Å². The second kappa shape index (κ2) is 23.8. The zero-order valence-electron chi connectivity index (χ0n) is 39.1. The molecule has 2 aromatic heterocycles. The summed E-state index contributed by atoms with van der Waals surface area (Å²) in [7, 11) is 0. The fourth-order valence-electron chi connectivity index (χ4n) is 8.73. The molecule has 2 amide bonds. The Kier molecular flexibility index (Phi) is 18.9. The number of aliphatic hydroxyl groups excluding tert-OH is 1. The van der Waals surface area contributed by atoms with Crippen molar-refractivity contribution in [2.24, 2.45) is 11.8 Å². The van der Waals surface area contributed by atoms with Crippen molar-refractivity contribution in [1.29, 1.82) is 0 Å². The van der Waals surface area contributed by atoms with Gasteiger partial charge in [0.05, 0.1) is 32.0 Å². The Morgan fingerprint density at radius 2 is 1.23 bits per heavy atom. The largest absolute Gasteiger partial charge is 0.478 e. The van der Waals surface area contributed by atoms with Crippen molar-refractivity contribution in [3.63, 3.8) is 0 Å². The van der Waals surface area contributed by atoms with Crippen LogP contribution in [0.1, 0.15) is 129 Å². The topological polar surface area (TPSA) is 169 Å². The molecule has 3 aliphatic heterocycles. The summed E-state index contributed by atoms with van der Waals surface area (Å²) in [4.78, 5) is 35.1. The Balaban J connectivity index is 0.000000195. The molecule has 1 saturated heterocycles. The molecule has 2 aliphatic carbocycles. The van der Waals surface area contributed by atoms with Gasteiger partial charge in [0.25, 0.3) is 0 Å². The molecule has 5 aliphatic rings. The second-order valence-corrected chi connectivity index (χ2v) is 19.4. The highest BCUT2D eigenvalue weighted by molar-refractivity contribution is 5.68. The fraction of sp³-hybridized carbons (Fsp3) is 0.750. The van der Waals surface area contributed by atoms with E-state index in [0.29, 0.717) is 37.7 Å². The number of carbonyl (C=O) groups is 2. The summed E-state index contributed by atoms with van der Waals surface area (Å²) in [6.45, 7) is 22.1. The highest BCUT2D eigenvalue weighted by atomic mass is 16.6. The molecule has 14 heteroatoms. The van der Waals surface area contributed by atoms with E-state index in [-0.39, 0.29) is 36.3 Å². The van der Waals surface area contributed by atoms with Gasteiger partial charge in [-0.3, -0.25) is 0 Å². The third-order valence-corrected chi connectivity index (χ3v) is 12.0. The minimum Gasteiger partial charge on any atom is -0.478 e. The maximum absolute atomic E-state index is 12.0. The molecule has 62 heavy (non-hydrogen) atoms. The number of amides is 2. The van der Waals surface area contributed by atoms with E-state index in [1.54, 1.807) is 0 Å². The summed E-state index contributed by atoms with van der Waals surface area (Å²) in [5.41, 5.74) is 4.07. The average Bonchev–Trinajstić information content (AvgIpc) is 4.08. The number of aliphatic hydroxyl groups is 1. The van der Waals surface area contributed by atoms with Crippen LogP contribution in [0.2, 0.25) is 0 Å². The molecule has 0 aromatic carbocycles. The van der Waals surface area contributed by atoms with E-state index < -0.39 is 11.2 Å². The molecular weight excluding hydrogens is 789 g/mol. The summed E-state index contributed by atoms with van der Waals surface area (Å²) >= 11 is 0. The maximum Gasteiger partial charge on any atom is 0.407 e. The van der Waals surface area contributed by atoms with Crippen LogP contribution in [0, 0.1) is 11.8 Å². The molecule has 14 nitrogen and oxygen atoms in total. The van der Waals surface area contributed by atoms with Gasteiger partial charge >= 0.3 is 12.2 Å². The van der Waals surface area contributed by atoms with Crippen molar-refractivity contribution in [3.05, 3.63) is 46.8 Å². The van der Waals surface area contributed by atoms with Gasteiger partial charge in [-0.05, 0) is 149 Å². The van der Waals surface area contributed by atoms with E-state index in [1.807, 2.05) is 67.5 Å². The van der Waals surface area contributed by atoms with Crippen molar-refractivity contribution in [1.82, 2.24) is 30.8 Å². The molecular formula is C48H78N6O8. The monoisotopic (exact) mass is 867 g/mol. The summed E-state index contributed by atoms with van der Waals surface area (Å²) in [5.74, 6) is 2.45. The Bertz CT molecular complexity index is 1680. The first kappa shape index (κ1) is 49.3. The lowest BCUT2D eigenvalue weighted by Crippen LogP contribution is -2.44. The van der Waals surface area contributed by atoms with Gasteiger partial charge < -0.3 is 49.6 Å². The van der Waals surface area contributed by atoms with Crippen LogP contribution in [0.5, 0.6) is 11.8 Å². The van der Waals surface area contributed by atoms with Gasteiger partial charge in [0.1, 0.15) is 11.2 Å². The van der Waals surface area contributed by atoms with Crippen molar-refractivity contribution in [3.8, 4) is 11.8 Å². The van der Waals surface area contributed by atoms with Gasteiger partial charge in [-0.25, -0.2) is 19.6 Å². The summed E-state index contributed by atoms with van der Waals surface area (Å²) in [6, 6.07) is 8.60. The van der Waals surface area contributed by atoms with E-state index >= 15 is 0 Å². The number of hydrogen-bond acceptors (Lipinski definition) is 12. The van der Waals surface area contributed by atoms with E-state index in [1.165, 1.54) is 16.8 Å². The number of epoxide rings is 1. The molecule has 2 saturated carbocycles. The zero-order valence-corrected chi connectivity index (χ0v) is 39.1. The number of rotatable bonds is 10. The molecule has 7 rings (SSSR count). The van der Waals surface area contributed by atoms with Crippen molar-refractivity contribution >= 4 is 12.2 Å². The second-order valence-electron chi connectivity index (χ2n) is 19.4. The van der Waals surface area contributed by atoms with Gasteiger partial charge in [0.15, 0.2) is 0 Å². The fourth-order valence-corrected chi connectivity index (χ4v) is 8.73. The first-order valence-corrected chi connectivity index (χ1v) is 23.5. The van der Waals surface area contributed by atoms with E-state index in [0.717, 1.165) is 121 Å². The minimum absolute atomic E-state index is 0.136. The normalized spacial score (nSPS) is 24.3. The predicted octanol–water partition coefficient (Wildman–Crippen LogP) is 6.96. The smallest absolute Gasteiger partial charge is 0.407 e. The lowest BCUT2D eigenvalue weighted by molar-refractivity contribution is 0.0363. The van der Waals surface area contributed by atoms with Crippen LogP contribution in [-0.4, -0.2) is 120 Å². The molecule has 2 unspecified atom stereocenters. The lowest BCUT2D eigenvalue weighted by Gasteiger charge is -2.34. The summed E-state index contributed by atoms with van der Waals surface area (Å²) in [5, 5.41) is 20.2. The number of nitrogens with zero attached hydrogens (tertiary/aromatic N) is 3. The van der Waals surface area contributed by atoms with Gasteiger partial charge in [0, 0.05) is 74.6 Å². The molecule has 5 heterocycles. The van der Waals surface area contributed by atoms with Crippen LogP contribution < -0.4 is 25.4 Å². The number of β-amino-alcohol motifs (C(OH)–C–C–N with tert-alkyl or cyclic N) is 1. The number of pyridine rings is 2. The molecule has 3 fully saturated rings. The van der Waals surface area contributed by atoms with Crippen LogP contribution in [0.15, 0.2) is 24.3 Å². The molecule has 0 bridgehead atoms. The Morgan fingerprint density at radius 3 is 1.74 bits per heavy atom. The molecule has 348 valence electrons. The number of carbonyl (C=O) groups excluding carboxylic acids is 2. The summed E-state index contributed by atoms with van der Waals surface area (Å²) in [6.07, 6.45) is 11.5. The molecule has 0 spiro atoms. The van der Waals surface area contributed by atoms with E-state index in [2.05, 4.69) is 43.0 Å². The van der Waals surface area contributed by atoms with Gasteiger partial charge in [-0.1, -0.05) is 12.1 Å². The first-order chi connectivity index (χ1) is 29.6. The molecule has 2 aromatic rings. The number of alkyl carbamates (subject to hydrolysis) is 2. The Hall–Kier alpha value is -3.72. The van der Waals surface area contributed by atoms with Crippen molar-refractivity contribution in [2.75, 3.05) is 52.5 Å². The van der Waals surface area contributed by atoms with Gasteiger partial charge in [-0.15, -0.1) is 0 Å². The first-order valence-electron chi connectivity index (χ1n) is 23.5. The minimum atomic E-state index is -0.482. The lowest BCUT2D eigenvalue weighted by atomic mass is 9.82. The van der Waals surface area contributed by atoms with Crippen LogP contribution >= 0.6 is 0 Å². The number of nitrogens with one attached hydrogen (secondary N) is 3. The number of hydrogen-bond donors (Lipinski definition) is 4. The van der Waals surface area contributed by atoms with Gasteiger partial charge in [-0.2, -0.15) is 0 Å². The number of aromatic nitrogens is 2. The molecule has 4 N–H and O–H groups in total. The number of ether oxygens (including phenoxy) is 5. The van der Waals surface area contributed by atoms with Crippen LogP contribution in [-0.2, 0) is 39.9 Å². The average molecular weight is 867 g/mol. The molecule has 0 radical (unpaired) electrons. The van der Waals surface area contributed by atoms with E-state index in [9.17, 15) is 14.7 Å². The third-order valence-electron chi connectivity index (χ3n) is 12.0. The summed E-state index contributed by atoms with van der Waals surface area (Å²) < 4.78 is 26.8. The van der Waals surface area contributed by atoms with Crippen LogP contribution in [0.4, 0.5) is 9.59 Å². The van der Waals surface area contributed by atoms with Crippen molar-refractivity contribution in [2.45, 2.75) is 168 Å². The van der Waals surface area contributed by atoms with Crippen LogP contribution in [0.25, 0.3) is 0 Å². The standard InChI is InChI=1S/C24H39N3O4.C13H23NO3.C11H16N2O/c1-5-30-22-11-8-17-12-14-27(15-13-20(17)26-22)16-21(28)18-6-9-19(10-7-18)25-23(29)31-24(2,3)4;1-13(2,3)17-12(15)14-10-6-4-9(5-7-10)11-8-16-11;1-2-14-11-4-3-9-5-7-12-8-6-10(9)13-11/h8,11,18-19,21,28H,5-7,9-10,12-16H2,1-4H3,(H,25,29);9-11H,4-8H2,1-3H3,(H,14,15);3-4,12H,2,5-8H2,1H3. The zero-order chi connectivity index (χ0) is 44.7. The third kappa shape index (κ3) is 17.4. The number of fused-ring (bicyclic) bond motifs is 2. The van der Waals surface area contributed by atoms with Gasteiger partial charge in [0.2, 0.25) is 11.8 Å². The maximum atomic E-state index is 12.0. The van der Waals surface area contributed by atoms with Crippen LogP contribution in [0.3, 0.4) is 0 Å². The quantitative estimate of drug-likeness (QED) is 0.182.